The van der Waals surface area contributed by atoms with Gasteiger partial charge in [-0.1, -0.05) is 11.6 Å². The first kappa shape index (κ1) is 20.1. The first-order valence-corrected chi connectivity index (χ1v) is 9.34. The van der Waals surface area contributed by atoms with Crippen molar-refractivity contribution in [3.63, 3.8) is 0 Å². The van der Waals surface area contributed by atoms with Crippen molar-refractivity contribution >= 4 is 11.6 Å². The predicted molar refractivity (Wildman–Crippen MR) is 105 cm³/mol. The maximum absolute atomic E-state index is 13.3. The lowest BCUT2D eigenvalue weighted by Crippen LogP contribution is -2.07. The molecule has 0 radical (unpaired) electrons. The fraction of sp³-hybridized carbons (Fsp3) is 0.200. The lowest BCUT2D eigenvalue weighted by molar-refractivity contribution is 0.142. The molecule has 6 nitrogen and oxygen atoms in total. The number of halogens is 4. The number of nitrogens with zero attached hydrogens (tertiary/aromatic N) is 6. The van der Waals surface area contributed by atoms with Crippen LogP contribution in [0.15, 0.2) is 42.7 Å². The second-order valence-corrected chi connectivity index (χ2v) is 7.09. The fourth-order valence-corrected chi connectivity index (χ4v) is 3.55. The van der Waals surface area contributed by atoms with Crippen LogP contribution in [0.4, 0.5) is 13.2 Å². The Balaban J connectivity index is 1.67. The third-order valence-electron chi connectivity index (χ3n) is 4.53. The van der Waals surface area contributed by atoms with Gasteiger partial charge in [-0.3, -0.25) is 4.68 Å². The van der Waals surface area contributed by atoms with E-state index in [1.54, 1.807) is 36.9 Å². The van der Waals surface area contributed by atoms with E-state index < -0.39 is 6.43 Å². The van der Waals surface area contributed by atoms with Gasteiger partial charge in [0.05, 0.1) is 27.8 Å². The highest BCUT2D eigenvalue weighted by Crippen LogP contribution is 2.31. The van der Waals surface area contributed by atoms with E-state index in [-0.39, 0.29) is 23.7 Å². The van der Waals surface area contributed by atoms with E-state index in [9.17, 15) is 13.2 Å². The van der Waals surface area contributed by atoms with Gasteiger partial charge < -0.3 is 0 Å². The molecule has 0 amide bonds. The van der Waals surface area contributed by atoms with Crippen molar-refractivity contribution in [2.75, 3.05) is 0 Å². The molecular weight excluding hydrogens is 417 g/mol. The molecule has 0 saturated heterocycles. The lowest BCUT2D eigenvalue weighted by Gasteiger charge is -2.07. The molecule has 1 aromatic carbocycles. The van der Waals surface area contributed by atoms with Gasteiger partial charge in [0.15, 0.2) is 5.82 Å². The molecule has 10 heteroatoms. The van der Waals surface area contributed by atoms with Crippen LogP contribution in [0.25, 0.3) is 17.1 Å². The molecule has 4 aromatic rings. The highest BCUT2D eigenvalue weighted by Gasteiger charge is 2.20. The van der Waals surface area contributed by atoms with Crippen LogP contribution in [-0.2, 0) is 13.5 Å². The zero-order valence-corrected chi connectivity index (χ0v) is 16.8. The van der Waals surface area contributed by atoms with Gasteiger partial charge in [-0.15, -0.1) is 0 Å². The van der Waals surface area contributed by atoms with Crippen molar-refractivity contribution in [1.82, 2.24) is 29.5 Å². The van der Waals surface area contributed by atoms with Crippen molar-refractivity contribution in [3.8, 4) is 17.1 Å². The Morgan fingerprint density at radius 1 is 1.07 bits per heavy atom. The number of aryl methyl sites for hydroxylation is 2. The van der Waals surface area contributed by atoms with E-state index >= 15 is 0 Å². The van der Waals surface area contributed by atoms with Gasteiger partial charge >= 0.3 is 0 Å². The zero-order valence-electron chi connectivity index (χ0n) is 16.0. The van der Waals surface area contributed by atoms with Gasteiger partial charge in [0.25, 0.3) is 6.43 Å². The van der Waals surface area contributed by atoms with E-state index in [1.807, 2.05) is 0 Å². The Labute approximate surface area is 175 Å². The van der Waals surface area contributed by atoms with Crippen LogP contribution in [0.5, 0.6) is 0 Å². The minimum absolute atomic E-state index is 0.231. The first-order chi connectivity index (χ1) is 14.3. The Hall–Kier alpha value is -3.20. The van der Waals surface area contributed by atoms with E-state index in [0.29, 0.717) is 27.8 Å². The Kier molecular flexibility index (Phi) is 5.29. The molecule has 0 N–H and O–H groups in total. The molecule has 3 heterocycles. The topological polar surface area (TPSA) is 61.4 Å². The lowest BCUT2D eigenvalue weighted by atomic mass is 10.1. The summed E-state index contributed by atoms with van der Waals surface area (Å²) in [7, 11) is 1.74. The molecule has 154 valence electrons. The second-order valence-electron chi connectivity index (χ2n) is 6.71. The molecule has 3 aromatic heterocycles. The first-order valence-electron chi connectivity index (χ1n) is 8.97. The highest BCUT2D eigenvalue weighted by atomic mass is 35.5. The van der Waals surface area contributed by atoms with Gasteiger partial charge in [0, 0.05) is 25.1 Å². The summed E-state index contributed by atoms with van der Waals surface area (Å²) in [6.07, 6.45) is -1.14. The van der Waals surface area contributed by atoms with Crippen molar-refractivity contribution in [2.24, 2.45) is 7.05 Å². The zero-order chi connectivity index (χ0) is 21.4. The molecule has 0 aliphatic heterocycles. The van der Waals surface area contributed by atoms with Crippen molar-refractivity contribution in [2.45, 2.75) is 19.8 Å². The minimum Gasteiger partial charge on any atom is -0.266 e. The molecule has 0 aliphatic rings. The molecule has 4 rings (SSSR count). The molecule has 0 atom stereocenters. The summed E-state index contributed by atoms with van der Waals surface area (Å²) in [4.78, 5) is 8.28. The quantitative estimate of drug-likeness (QED) is 0.459. The maximum atomic E-state index is 13.3. The van der Waals surface area contributed by atoms with Gasteiger partial charge in [0.2, 0.25) is 0 Å². The smallest absolute Gasteiger partial charge is 0.266 e. The Bertz CT molecular complexity index is 1200. The minimum atomic E-state index is -2.69. The summed E-state index contributed by atoms with van der Waals surface area (Å²) in [5, 5.41) is 8.96. The van der Waals surface area contributed by atoms with Crippen LogP contribution >= 0.6 is 11.6 Å². The number of rotatable bonds is 5. The number of hydrogen-bond donors (Lipinski definition) is 0. The van der Waals surface area contributed by atoms with Gasteiger partial charge in [-0.05, 0) is 37.3 Å². The molecule has 0 bridgehead atoms. The number of alkyl halides is 2. The third kappa shape index (κ3) is 3.80. The van der Waals surface area contributed by atoms with Crippen LogP contribution < -0.4 is 0 Å². The predicted octanol–water partition coefficient (Wildman–Crippen LogP) is 4.69. The molecule has 0 unspecified atom stereocenters. The standard InChI is InChI=1S/C20H16ClF3N6/c1-11-7-16(20(23)24)30(27-11)17-9-14(25-10-26-17)8-15-18(21)19(29(2)28-15)12-3-5-13(22)6-4-12/h3-7,9-10,20H,8H2,1-2H3. The molecule has 0 aliphatic carbocycles. The Morgan fingerprint density at radius 3 is 2.50 bits per heavy atom. The van der Waals surface area contributed by atoms with E-state index in [4.69, 9.17) is 11.6 Å². The van der Waals surface area contributed by atoms with E-state index in [1.165, 1.54) is 24.5 Å². The summed E-state index contributed by atoms with van der Waals surface area (Å²) in [5.41, 5.74) is 2.67. The molecule has 0 fully saturated rings. The summed E-state index contributed by atoms with van der Waals surface area (Å²) in [6.45, 7) is 1.63. The van der Waals surface area contributed by atoms with Gasteiger partial charge in [-0.25, -0.2) is 27.8 Å². The van der Waals surface area contributed by atoms with Crippen LogP contribution in [0, 0.1) is 12.7 Å². The van der Waals surface area contributed by atoms with Crippen LogP contribution in [0.1, 0.15) is 29.2 Å². The molecule has 0 spiro atoms. The SMILES string of the molecule is Cc1cc(C(F)F)n(-c2cc(Cc3nn(C)c(-c4ccc(F)cc4)c3Cl)ncn2)n1. The number of benzene rings is 1. The van der Waals surface area contributed by atoms with Gasteiger partial charge in [-0.2, -0.15) is 10.2 Å². The van der Waals surface area contributed by atoms with E-state index in [2.05, 4.69) is 20.2 Å². The van der Waals surface area contributed by atoms with Crippen molar-refractivity contribution < 1.29 is 13.2 Å². The van der Waals surface area contributed by atoms with Crippen LogP contribution in [0.3, 0.4) is 0 Å². The average molecular weight is 433 g/mol. The van der Waals surface area contributed by atoms with Crippen molar-refractivity contribution in [3.05, 3.63) is 76.3 Å². The summed E-state index contributed by atoms with van der Waals surface area (Å²) >= 11 is 6.54. The van der Waals surface area contributed by atoms with Crippen LogP contribution in [-0.4, -0.2) is 29.5 Å². The fourth-order valence-electron chi connectivity index (χ4n) is 3.22. The summed E-state index contributed by atoms with van der Waals surface area (Å²) in [5.74, 6) is -0.114. The third-order valence-corrected chi connectivity index (χ3v) is 4.93. The van der Waals surface area contributed by atoms with Gasteiger partial charge in [0.1, 0.15) is 17.8 Å². The van der Waals surface area contributed by atoms with Crippen LogP contribution in [0.2, 0.25) is 5.02 Å². The summed E-state index contributed by atoms with van der Waals surface area (Å²) in [6, 6.07) is 8.83. The van der Waals surface area contributed by atoms with E-state index in [0.717, 1.165) is 10.2 Å². The molecular formula is C20H16ClF3N6. The van der Waals surface area contributed by atoms with Crippen molar-refractivity contribution in [1.29, 1.82) is 0 Å². The summed E-state index contributed by atoms with van der Waals surface area (Å²) < 4.78 is 42.6. The molecule has 30 heavy (non-hydrogen) atoms. The highest BCUT2D eigenvalue weighted by molar-refractivity contribution is 6.33. The Morgan fingerprint density at radius 2 is 1.80 bits per heavy atom. The normalized spacial score (nSPS) is 11.4. The number of hydrogen-bond acceptors (Lipinski definition) is 4. The average Bonchev–Trinajstić information content (AvgIpc) is 3.23. The molecule has 0 saturated carbocycles. The monoisotopic (exact) mass is 432 g/mol. The second kappa shape index (κ2) is 7.91. The number of aromatic nitrogens is 6. The maximum Gasteiger partial charge on any atom is 0.280 e. The largest absolute Gasteiger partial charge is 0.280 e.